The van der Waals surface area contributed by atoms with E-state index in [9.17, 15) is 4.79 Å². The highest BCUT2D eigenvalue weighted by Crippen LogP contribution is 2.38. The number of likely N-dealkylation sites (tertiary alicyclic amines) is 1. The summed E-state index contributed by atoms with van der Waals surface area (Å²) in [6, 6.07) is 13.9. The van der Waals surface area contributed by atoms with Gasteiger partial charge in [-0.1, -0.05) is 57.2 Å². The Labute approximate surface area is 222 Å². The zero-order chi connectivity index (χ0) is 26.8. The third-order valence-corrected chi connectivity index (χ3v) is 13.0. The molecule has 0 spiro atoms. The Morgan fingerprint density at radius 3 is 2.49 bits per heavy atom. The number of benzene rings is 1. The van der Waals surface area contributed by atoms with Crippen LogP contribution in [0.1, 0.15) is 44.2 Å². The summed E-state index contributed by atoms with van der Waals surface area (Å²) in [6.07, 6.45) is 1.02. The Hall–Kier alpha value is -2.29. The molecule has 0 N–H and O–H groups in total. The third-order valence-electron chi connectivity index (χ3n) is 8.51. The second-order valence-corrected chi connectivity index (χ2v) is 16.9. The van der Waals surface area contributed by atoms with Crippen LogP contribution in [0, 0.1) is 17.8 Å². The first kappa shape index (κ1) is 27.7. The number of hydrogen-bond donors (Lipinski definition) is 0. The predicted molar refractivity (Wildman–Crippen MR) is 148 cm³/mol. The van der Waals surface area contributed by atoms with Crippen LogP contribution in [0.3, 0.4) is 0 Å². The molecule has 0 amide bonds. The number of pyridine rings is 1. The molecule has 8 heteroatoms. The molecule has 2 aliphatic rings. The molecule has 0 aliphatic carbocycles. The van der Waals surface area contributed by atoms with Crippen LogP contribution in [0.4, 0.5) is 10.2 Å². The van der Waals surface area contributed by atoms with Gasteiger partial charge in [0.15, 0.2) is 8.32 Å². The Kier molecular flexibility index (Phi) is 8.40. The van der Waals surface area contributed by atoms with Crippen molar-refractivity contribution in [3.05, 3.63) is 59.5 Å². The second kappa shape index (κ2) is 11.2. The minimum absolute atomic E-state index is 0.185. The molecule has 2 aliphatic heterocycles. The molecule has 3 atom stereocenters. The number of aromatic nitrogens is 1. The maximum Gasteiger partial charge on any atom is 0.310 e. The second-order valence-electron chi connectivity index (χ2n) is 12.1. The molecule has 3 heterocycles. The molecule has 1 unspecified atom stereocenters. The van der Waals surface area contributed by atoms with Crippen molar-refractivity contribution in [1.29, 1.82) is 0 Å². The van der Waals surface area contributed by atoms with E-state index in [2.05, 4.69) is 60.8 Å². The van der Waals surface area contributed by atoms with Crippen molar-refractivity contribution in [3.8, 4) is 0 Å². The number of carbonyl (C=O) groups excluding carboxylic acids is 1. The normalized spacial score (nSPS) is 23.0. The van der Waals surface area contributed by atoms with Crippen molar-refractivity contribution in [1.82, 2.24) is 9.88 Å². The van der Waals surface area contributed by atoms with Crippen molar-refractivity contribution >= 4 is 20.1 Å². The number of anilines is 1. The molecule has 4 rings (SSSR count). The summed E-state index contributed by atoms with van der Waals surface area (Å²) in [5.74, 6) is -0.415. The zero-order valence-electron chi connectivity index (χ0n) is 23.2. The molecule has 0 radical (unpaired) electrons. The van der Waals surface area contributed by atoms with Crippen LogP contribution in [0.25, 0.3) is 0 Å². The minimum Gasteiger partial charge on any atom is -0.469 e. The summed E-state index contributed by atoms with van der Waals surface area (Å²) in [7, 11) is -0.393. The smallest absolute Gasteiger partial charge is 0.310 e. The van der Waals surface area contributed by atoms with Gasteiger partial charge in [-0.2, -0.15) is 4.39 Å². The van der Waals surface area contributed by atoms with Crippen LogP contribution >= 0.6 is 0 Å². The number of ether oxygens (including phenoxy) is 1. The van der Waals surface area contributed by atoms with Gasteiger partial charge < -0.3 is 14.1 Å². The minimum atomic E-state index is -1.79. The van der Waals surface area contributed by atoms with Crippen molar-refractivity contribution in [2.45, 2.75) is 57.8 Å². The Bertz CT molecular complexity index is 1080. The molecule has 2 fully saturated rings. The fraction of sp³-hybridized carbons (Fsp3) is 0.586. The van der Waals surface area contributed by atoms with Crippen molar-refractivity contribution in [2.75, 3.05) is 44.8 Å². The molecular formula is C29H42FN3O3Si. The van der Waals surface area contributed by atoms with Crippen LogP contribution in [-0.2, 0) is 20.5 Å². The first-order chi connectivity index (χ1) is 17.5. The highest BCUT2D eigenvalue weighted by Gasteiger charge is 2.41. The molecule has 6 nitrogen and oxygen atoms in total. The summed E-state index contributed by atoms with van der Waals surface area (Å²) >= 11 is 0. The van der Waals surface area contributed by atoms with Crippen LogP contribution in [-0.4, -0.2) is 64.1 Å². The fourth-order valence-electron chi connectivity index (χ4n) is 5.17. The number of methoxy groups -OCH3 is 1. The van der Waals surface area contributed by atoms with Crippen molar-refractivity contribution in [3.63, 3.8) is 0 Å². The quantitative estimate of drug-likeness (QED) is 0.258. The van der Waals surface area contributed by atoms with Gasteiger partial charge in [-0.3, -0.25) is 9.69 Å². The Balaban J connectivity index is 1.43. The maximum absolute atomic E-state index is 15.5. The molecule has 202 valence electrons. The van der Waals surface area contributed by atoms with E-state index in [0.29, 0.717) is 36.9 Å². The molecule has 1 aromatic carbocycles. The summed E-state index contributed by atoms with van der Waals surface area (Å²) in [6.45, 7) is 15.6. The number of hydrogen-bond acceptors (Lipinski definition) is 6. The lowest BCUT2D eigenvalue weighted by Crippen LogP contribution is -2.42. The van der Waals surface area contributed by atoms with Gasteiger partial charge >= 0.3 is 5.97 Å². The van der Waals surface area contributed by atoms with Gasteiger partial charge in [-0.05, 0) is 36.2 Å². The summed E-state index contributed by atoms with van der Waals surface area (Å²) < 4.78 is 27.0. The zero-order valence-corrected chi connectivity index (χ0v) is 24.2. The van der Waals surface area contributed by atoms with E-state index in [4.69, 9.17) is 9.16 Å². The summed E-state index contributed by atoms with van der Waals surface area (Å²) in [4.78, 5) is 21.3. The van der Waals surface area contributed by atoms with Gasteiger partial charge in [-0.25, -0.2) is 4.98 Å². The largest absolute Gasteiger partial charge is 0.469 e. The first-order valence-electron chi connectivity index (χ1n) is 13.4. The molecule has 0 bridgehead atoms. The van der Waals surface area contributed by atoms with Gasteiger partial charge in [0.2, 0.25) is 5.95 Å². The van der Waals surface area contributed by atoms with Gasteiger partial charge in [0.05, 0.1) is 13.0 Å². The average Bonchev–Trinajstić information content (AvgIpc) is 3.50. The standard InChI is InChI=1S/C29H42FN3O3Si/c1-29(2,3)37(5,6)36-20-22-14-15-33(17-22)26-13-12-23(27(30)31-26)24-18-32(19-25(24)28(34)35-4)16-21-10-8-7-9-11-21/h7-13,22,24-25H,14-20H2,1-6H3/t22?,24-,25-/m0/s1. The molecular weight excluding hydrogens is 485 g/mol. The fourth-order valence-corrected chi connectivity index (χ4v) is 6.25. The molecule has 2 saturated heterocycles. The Morgan fingerprint density at radius 1 is 1.11 bits per heavy atom. The maximum atomic E-state index is 15.5. The molecule has 2 aromatic rings. The highest BCUT2D eigenvalue weighted by molar-refractivity contribution is 6.74. The van der Waals surface area contributed by atoms with Gasteiger partial charge in [0.1, 0.15) is 5.82 Å². The lowest BCUT2D eigenvalue weighted by Gasteiger charge is -2.37. The van der Waals surface area contributed by atoms with E-state index in [1.54, 1.807) is 0 Å². The topological polar surface area (TPSA) is 54.9 Å². The number of nitrogens with zero attached hydrogens (tertiary/aromatic N) is 3. The van der Waals surface area contributed by atoms with Crippen LogP contribution in [0.15, 0.2) is 42.5 Å². The van der Waals surface area contributed by atoms with Crippen molar-refractivity contribution in [2.24, 2.45) is 11.8 Å². The number of esters is 1. The van der Waals surface area contributed by atoms with E-state index >= 15 is 4.39 Å². The summed E-state index contributed by atoms with van der Waals surface area (Å²) in [5, 5.41) is 0.185. The van der Waals surface area contributed by atoms with Gasteiger partial charge in [0.25, 0.3) is 0 Å². The highest BCUT2D eigenvalue weighted by atomic mass is 28.4. The number of halogens is 1. The van der Waals surface area contributed by atoms with E-state index in [0.717, 1.165) is 26.1 Å². The number of rotatable bonds is 8. The lowest BCUT2D eigenvalue weighted by atomic mass is 9.89. The monoisotopic (exact) mass is 527 g/mol. The van der Waals surface area contributed by atoms with E-state index in [1.165, 1.54) is 12.7 Å². The lowest BCUT2D eigenvalue weighted by molar-refractivity contribution is -0.145. The van der Waals surface area contributed by atoms with Crippen LogP contribution in [0.2, 0.25) is 18.1 Å². The number of carbonyl (C=O) groups is 1. The van der Waals surface area contributed by atoms with Gasteiger partial charge in [-0.15, -0.1) is 0 Å². The predicted octanol–water partition coefficient (Wildman–Crippen LogP) is 5.46. The van der Waals surface area contributed by atoms with E-state index in [1.807, 2.05) is 30.3 Å². The summed E-state index contributed by atoms with van der Waals surface area (Å²) in [5.41, 5.74) is 1.66. The third kappa shape index (κ3) is 6.41. The molecule has 37 heavy (non-hydrogen) atoms. The average molecular weight is 528 g/mol. The Morgan fingerprint density at radius 2 is 1.84 bits per heavy atom. The SMILES string of the molecule is COC(=O)[C@H]1CN(Cc2ccccc2)C[C@H]1c1ccc(N2CCC(CO[Si](C)(C)C(C)(C)C)C2)nc1F. The van der Waals surface area contributed by atoms with Crippen LogP contribution < -0.4 is 4.90 Å². The van der Waals surface area contributed by atoms with Crippen LogP contribution in [0.5, 0.6) is 0 Å². The molecule has 1 aromatic heterocycles. The van der Waals surface area contributed by atoms with E-state index in [-0.39, 0.29) is 16.9 Å². The molecule has 0 saturated carbocycles. The van der Waals surface area contributed by atoms with Gasteiger partial charge in [0, 0.05) is 56.7 Å². The van der Waals surface area contributed by atoms with Crippen molar-refractivity contribution < 1.29 is 18.3 Å². The van der Waals surface area contributed by atoms with E-state index < -0.39 is 20.2 Å². The first-order valence-corrected chi connectivity index (χ1v) is 16.3.